The highest BCUT2D eigenvalue weighted by Gasteiger charge is 2.41. The van der Waals surface area contributed by atoms with Crippen LogP contribution in [0.15, 0.2) is 75.9 Å². The van der Waals surface area contributed by atoms with Crippen molar-refractivity contribution in [3.8, 4) is 11.5 Å². The average Bonchev–Trinajstić information content (AvgIpc) is 3.32. The number of rotatable bonds is 12. The Morgan fingerprint density at radius 3 is 2.58 bits per heavy atom. The zero-order valence-corrected chi connectivity index (χ0v) is 24.2. The molecule has 1 N–H and O–H groups in total. The van der Waals surface area contributed by atoms with Crippen molar-refractivity contribution in [2.24, 2.45) is 4.99 Å². The molecule has 2 heterocycles. The summed E-state index contributed by atoms with van der Waals surface area (Å²) in [5.41, 5.74) is 3.52. The minimum absolute atomic E-state index is 0.118. The van der Waals surface area contributed by atoms with Crippen molar-refractivity contribution in [2.75, 3.05) is 27.4 Å². The summed E-state index contributed by atoms with van der Waals surface area (Å²) in [6.45, 7) is 6.64. The van der Waals surface area contributed by atoms with Gasteiger partial charge in [0.1, 0.15) is 6.61 Å². The largest absolute Gasteiger partial charge is 0.493 e. The van der Waals surface area contributed by atoms with Crippen LogP contribution in [0.25, 0.3) is 0 Å². The monoisotopic (exact) mass is 565 g/mol. The molecule has 0 radical (unpaired) electrons. The van der Waals surface area contributed by atoms with Crippen LogP contribution in [0.2, 0.25) is 0 Å². The molecular weight excluding hydrogens is 530 g/mol. The number of carbonyl (C=O) groups excluding carboxylic acids is 2. The molecule has 0 unspecified atom stereocenters. The van der Waals surface area contributed by atoms with Crippen LogP contribution >= 0.6 is 11.8 Å². The highest BCUT2D eigenvalue weighted by atomic mass is 32.2. The number of aliphatic imine (C=N–C) groups is 1. The van der Waals surface area contributed by atoms with Crippen LogP contribution in [0.3, 0.4) is 0 Å². The zero-order valence-electron chi connectivity index (χ0n) is 23.4. The first-order valence-corrected chi connectivity index (χ1v) is 14.0. The summed E-state index contributed by atoms with van der Waals surface area (Å²) in [4.78, 5) is 32.8. The lowest BCUT2D eigenvalue weighted by Gasteiger charge is -2.36. The second-order valence-corrected chi connectivity index (χ2v) is 10.4. The Morgan fingerprint density at radius 1 is 1.10 bits per heavy atom. The van der Waals surface area contributed by atoms with Crippen molar-refractivity contribution < 1.29 is 28.5 Å². The van der Waals surface area contributed by atoms with Gasteiger partial charge < -0.3 is 29.2 Å². The molecule has 4 rings (SSSR count). The van der Waals surface area contributed by atoms with Gasteiger partial charge in [0.25, 0.3) is 0 Å². The third-order valence-electron chi connectivity index (χ3n) is 6.27. The van der Waals surface area contributed by atoms with Gasteiger partial charge in [-0.15, -0.1) is 0 Å². The van der Waals surface area contributed by atoms with Crippen LogP contribution in [0, 0.1) is 0 Å². The number of nitrogens with one attached hydrogen (secondary N) is 1. The lowest BCUT2D eigenvalue weighted by Crippen LogP contribution is -2.38. The van der Waals surface area contributed by atoms with E-state index in [2.05, 4.69) is 5.32 Å². The molecule has 9 nitrogen and oxygen atoms in total. The van der Waals surface area contributed by atoms with Crippen LogP contribution in [0.5, 0.6) is 11.5 Å². The van der Waals surface area contributed by atoms with E-state index in [4.69, 9.17) is 23.9 Å². The van der Waals surface area contributed by atoms with Crippen molar-refractivity contribution in [1.82, 2.24) is 10.2 Å². The van der Waals surface area contributed by atoms with Crippen LogP contribution in [-0.4, -0.2) is 55.4 Å². The maximum absolute atomic E-state index is 13.4. The number of ether oxygens (including phenoxy) is 4. The van der Waals surface area contributed by atoms with E-state index in [-0.39, 0.29) is 18.4 Å². The smallest absolute Gasteiger partial charge is 0.338 e. The van der Waals surface area contributed by atoms with Gasteiger partial charge in [0, 0.05) is 19.4 Å². The number of hydrogen-bond acceptors (Lipinski definition) is 9. The number of hydrogen-bond donors (Lipinski definition) is 1. The molecule has 0 saturated heterocycles. The highest BCUT2D eigenvalue weighted by Crippen LogP contribution is 2.46. The van der Waals surface area contributed by atoms with Crippen molar-refractivity contribution >= 4 is 28.8 Å². The molecule has 0 spiro atoms. The molecule has 0 aliphatic carbocycles. The number of amides is 1. The Morgan fingerprint density at radius 2 is 1.88 bits per heavy atom. The first-order chi connectivity index (χ1) is 19.3. The Balaban J connectivity index is 1.68. The number of allylic oxidation sites excluding steroid dienone is 1. The number of benzene rings is 2. The first kappa shape index (κ1) is 29.2. The lowest BCUT2D eigenvalue weighted by atomic mass is 9.93. The van der Waals surface area contributed by atoms with Gasteiger partial charge in [-0.3, -0.25) is 4.79 Å². The molecule has 2 aliphatic rings. The van der Waals surface area contributed by atoms with Gasteiger partial charge in [-0.2, -0.15) is 0 Å². The van der Waals surface area contributed by atoms with Crippen molar-refractivity contribution in [2.45, 2.75) is 45.9 Å². The molecule has 0 aromatic heterocycles. The SMILES string of the molecule is COCCNC(=O)CC1=CSC2=NC(C)=C(C(=O)OC(C)C)[C@@H](c3ccc(OCc4ccccc4)c(OC)c3)N12. The summed E-state index contributed by atoms with van der Waals surface area (Å²) in [6, 6.07) is 14.9. The summed E-state index contributed by atoms with van der Waals surface area (Å²) in [5, 5.41) is 5.45. The van der Waals surface area contributed by atoms with E-state index in [0.717, 1.165) is 16.8 Å². The predicted molar refractivity (Wildman–Crippen MR) is 155 cm³/mol. The van der Waals surface area contributed by atoms with Gasteiger partial charge in [-0.05, 0) is 49.4 Å². The topological polar surface area (TPSA) is 98.7 Å². The maximum atomic E-state index is 13.4. The third-order valence-corrected chi connectivity index (χ3v) is 7.16. The van der Waals surface area contributed by atoms with Crippen molar-refractivity contribution in [3.63, 3.8) is 0 Å². The second kappa shape index (κ2) is 13.5. The maximum Gasteiger partial charge on any atom is 0.338 e. The molecule has 1 atom stereocenters. The molecule has 1 amide bonds. The molecule has 10 heteroatoms. The normalized spacial score (nSPS) is 16.4. The number of esters is 1. The Bertz CT molecular complexity index is 1320. The number of amidine groups is 1. The molecule has 212 valence electrons. The Hall–Kier alpha value is -3.76. The fourth-order valence-corrected chi connectivity index (χ4v) is 5.42. The molecule has 40 heavy (non-hydrogen) atoms. The predicted octanol–water partition coefficient (Wildman–Crippen LogP) is 4.95. The third kappa shape index (κ3) is 6.86. The molecule has 2 aromatic carbocycles. The number of nitrogens with zero attached hydrogens (tertiary/aromatic N) is 2. The summed E-state index contributed by atoms with van der Waals surface area (Å²) < 4.78 is 22.5. The second-order valence-electron chi connectivity index (χ2n) is 9.55. The fraction of sp³-hybridized carbons (Fsp3) is 0.367. The number of thioether (sulfide) groups is 1. The van der Waals surface area contributed by atoms with E-state index in [1.54, 1.807) is 21.1 Å². The van der Waals surface area contributed by atoms with Gasteiger partial charge in [0.2, 0.25) is 5.91 Å². The van der Waals surface area contributed by atoms with Crippen molar-refractivity contribution in [3.05, 3.63) is 82.0 Å². The summed E-state index contributed by atoms with van der Waals surface area (Å²) in [5.74, 6) is 0.505. The summed E-state index contributed by atoms with van der Waals surface area (Å²) >= 11 is 1.42. The number of carbonyl (C=O) groups is 2. The zero-order chi connectivity index (χ0) is 28.6. The summed E-state index contributed by atoms with van der Waals surface area (Å²) in [6.07, 6.45) is -0.190. The Kier molecular flexibility index (Phi) is 9.89. The lowest BCUT2D eigenvalue weighted by molar-refractivity contribution is -0.143. The minimum Gasteiger partial charge on any atom is -0.493 e. The molecule has 2 aromatic rings. The molecule has 0 bridgehead atoms. The van der Waals surface area contributed by atoms with Crippen LogP contribution in [-0.2, 0) is 25.7 Å². The van der Waals surface area contributed by atoms with Gasteiger partial charge in [0.05, 0.1) is 43.6 Å². The van der Waals surface area contributed by atoms with E-state index < -0.39 is 12.0 Å². The highest BCUT2D eigenvalue weighted by molar-refractivity contribution is 8.16. The molecular formula is C30H35N3O6S. The fourth-order valence-electron chi connectivity index (χ4n) is 4.45. The van der Waals surface area contributed by atoms with E-state index >= 15 is 0 Å². The molecule has 2 aliphatic heterocycles. The standard InChI is InChI=1S/C30H35N3O6S/c1-19(2)39-29(35)27-20(3)32-30-33(23(18-40-30)16-26(34)31-13-14-36-4)28(27)22-11-12-24(25(15-22)37-5)38-17-21-9-7-6-8-10-21/h6-12,15,18-19,28H,13-14,16-17H2,1-5H3,(H,31,34)/t28-/m1/s1. The average molecular weight is 566 g/mol. The van der Waals surface area contributed by atoms with Crippen LogP contribution < -0.4 is 14.8 Å². The summed E-state index contributed by atoms with van der Waals surface area (Å²) in [7, 11) is 3.17. The molecule has 0 fully saturated rings. The minimum atomic E-state index is -0.580. The number of methoxy groups -OCH3 is 2. The number of fused-ring (bicyclic) bond motifs is 1. The van der Waals surface area contributed by atoms with Crippen LogP contribution in [0.1, 0.15) is 44.4 Å². The van der Waals surface area contributed by atoms with Gasteiger partial charge >= 0.3 is 5.97 Å². The van der Waals surface area contributed by atoms with Crippen LogP contribution in [0.4, 0.5) is 0 Å². The van der Waals surface area contributed by atoms with E-state index in [1.165, 1.54) is 11.8 Å². The first-order valence-electron chi connectivity index (χ1n) is 13.1. The van der Waals surface area contributed by atoms with E-state index in [9.17, 15) is 9.59 Å². The van der Waals surface area contributed by atoms with Gasteiger partial charge in [0.15, 0.2) is 16.7 Å². The van der Waals surface area contributed by atoms with E-state index in [1.807, 2.05) is 72.7 Å². The van der Waals surface area contributed by atoms with E-state index in [0.29, 0.717) is 47.7 Å². The Labute approximate surface area is 239 Å². The van der Waals surface area contributed by atoms with Gasteiger partial charge in [-0.25, -0.2) is 9.79 Å². The quantitative estimate of drug-likeness (QED) is 0.285. The van der Waals surface area contributed by atoms with Crippen molar-refractivity contribution in [1.29, 1.82) is 0 Å². The van der Waals surface area contributed by atoms with Gasteiger partial charge in [-0.1, -0.05) is 48.2 Å². The molecule has 0 saturated carbocycles.